The van der Waals surface area contributed by atoms with Crippen molar-refractivity contribution in [3.63, 3.8) is 0 Å². The predicted octanol–water partition coefficient (Wildman–Crippen LogP) is 2.70. The van der Waals surface area contributed by atoms with Gasteiger partial charge >= 0.3 is 0 Å². The number of ether oxygens (including phenoxy) is 1. The Balaban J connectivity index is 1.74. The van der Waals surface area contributed by atoms with Crippen molar-refractivity contribution < 1.29 is 9.53 Å². The first-order valence-electron chi connectivity index (χ1n) is 7.76. The standard InChI is InChI=1S/C17H19ClN4O2/c1-22-13-8-14(24-2)12(7-11(13)3-4-17(22)23)5-6-19-16-9-15(18)20-10-21-16/h7-10H,3-6H2,1-2H3,(H,19,20,21). The lowest BCUT2D eigenvalue weighted by atomic mass is 9.97. The molecule has 0 spiro atoms. The van der Waals surface area contributed by atoms with Gasteiger partial charge in [0.2, 0.25) is 5.91 Å². The number of fused-ring (bicyclic) bond motifs is 1. The molecular formula is C17H19ClN4O2. The molecule has 7 heteroatoms. The molecule has 0 saturated carbocycles. The van der Waals surface area contributed by atoms with Gasteiger partial charge in [-0.2, -0.15) is 0 Å². The van der Waals surface area contributed by atoms with Gasteiger partial charge in [0.1, 0.15) is 23.0 Å². The average molecular weight is 347 g/mol. The number of benzene rings is 1. The van der Waals surface area contributed by atoms with E-state index in [1.54, 1.807) is 25.1 Å². The summed E-state index contributed by atoms with van der Waals surface area (Å²) >= 11 is 5.85. The van der Waals surface area contributed by atoms with Crippen LogP contribution in [0.5, 0.6) is 5.75 Å². The smallest absolute Gasteiger partial charge is 0.227 e. The molecule has 2 aromatic rings. The molecule has 0 unspecified atom stereocenters. The van der Waals surface area contributed by atoms with Crippen LogP contribution in [0, 0.1) is 0 Å². The van der Waals surface area contributed by atoms with E-state index in [1.165, 1.54) is 11.9 Å². The van der Waals surface area contributed by atoms with Crippen molar-refractivity contribution in [1.82, 2.24) is 9.97 Å². The summed E-state index contributed by atoms with van der Waals surface area (Å²) in [5, 5.41) is 3.63. The summed E-state index contributed by atoms with van der Waals surface area (Å²) in [6.45, 7) is 0.692. The van der Waals surface area contributed by atoms with Crippen molar-refractivity contribution in [2.45, 2.75) is 19.3 Å². The van der Waals surface area contributed by atoms with Gasteiger partial charge < -0.3 is 15.0 Å². The highest BCUT2D eigenvalue weighted by Crippen LogP contribution is 2.33. The molecule has 0 radical (unpaired) electrons. The molecule has 0 saturated heterocycles. The summed E-state index contributed by atoms with van der Waals surface area (Å²) in [6.07, 6.45) is 3.52. The number of hydrogen-bond acceptors (Lipinski definition) is 5. The molecule has 1 aromatic heterocycles. The summed E-state index contributed by atoms with van der Waals surface area (Å²) in [6, 6.07) is 5.77. The van der Waals surface area contributed by atoms with E-state index in [1.807, 2.05) is 6.07 Å². The largest absolute Gasteiger partial charge is 0.496 e. The van der Waals surface area contributed by atoms with Gasteiger partial charge in [-0.15, -0.1) is 0 Å². The third kappa shape index (κ3) is 3.43. The summed E-state index contributed by atoms with van der Waals surface area (Å²) in [4.78, 5) is 21.5. The summed E-state index contributed by atoms with van der Waals surface area (Å²) in [7, 11) is 3.45. The molecule has 126 valence electrons. The van der Waals surface area contributed by atoms with Gasteiger partial charge in [0, 0.05) is 32.1 Å². The lowest BCUT2D eigenvalue weighted by Crippen LogP contribution is -2.31. The number of hydrogen-bond donors (Lipinski definition) is 1. The van der Waals surface area contributed by atoms with Crippen LogP contribution in [0.2, 0.25) is 5.15 Å². The van der Waals surface area contributed by atoms with E-state index in [2.05, 4.69) is 21.4 Å². The second-order valence-corrected chi connectivity index (χ2v) is 6.04. The second-order valence-electron chi connectivity index (χ2n) is 5.65. The Hall–Kier alpha value is -2.34. The van der Waals surface area contributed by atoms with Gasteiger partial charge in [-0.1, -0.05) is 11.6 Å². The molecule has 1 aliphatic rings. The van der Waals surface area contributed by atoms with Crippen LogP contribution >= 0.6 is 11.6 Å². The zero-order chi connectivity index (χ0) is 17.1. The fourth-order valence-corrected chi connectivity index (χ4v) is 3.01. The van der Waals surface area contributed by atoms with Crippen molar-refractivity contribution in [2.24, 2.45) is 0 Å². The van der Waals surface area contributed by atoms with Crippen molar-refractivity contribution >= 4 is 29.0 Å². The van der Waals surface area contributed by atoms with Crippen LogP contribution in [0.25, 0.3) is 0 Å². The molecule has 0 atom stereocenters. The van der Waals surface area contributed by atoms with Crippen molar-refractivity contribution in [1.29, 1.82) is 0 Å². The first-order chi connectivity index (χ1) is 11.6. The fourth-order valence-electron chi connectivity index (χ4n) is 2.86. The average Bonchev–Trinajstić information content (AvgIpc) is 2.58. The van der Waals surface area contributed by atoms with Crippen LogP contribution in [0.15, 0.2) is 24.5 Å². The number of aromatic nitrogens is 2. The summed E-state index contributed by atoms with van der Waals surface area (Å²) < 4.78 is 5.50. The molecule has 3 rings (SSSR count). The fraction of sp³-hybridized carbons (Fsp3) is 0.353. The number of anilines is 2. The number of halogens is 1. The number of nitrogens with one attached hydrogen (secondary N) is 1. The molecule has 6 nitrogen and oxygen atoms in total. The first kappa shape index (κ1) is 16.5. The highest BCUT2D eigenvalue weighted by atomic mass is 35.5. The maximum absolute atomic E-state index is 11.9. The van der Waals surface area contributed by atoms with Crippen LogP contribution in [-0.2, 0) is 17.6 Å². The number of aryl methyl sites for hydroxylation is 1. The predicted molar refractivity (Wildman–Crippen MR) is 94.0 cm³/mol. The zero-order valence-electron chi connectivity index (χ0n) is 13.7. The van der Waals surface area contributed by atoms with E-state index < -0.39 is 0 Å². The number of methoxy groups -OCH3 is 1. The zero-order valence-corrected chi connectivity index (χ0v) is 14.4. The number of carbonyl (C=O) groups is 1. The Morgan fingerprint density at radius 3 is 2.88 bits per heavy atom. The number of amides is 1. The number of nitrogens with zero attached hydrogens (tertiary/aromatic N) is 3. The van der Waals surface area contributed by atoms with Crippen LogP contribution in [0.1, 0.15) is 17.5 Å². The highest BCUT2D eigenvalue weighted by Gasteiger charge is 2.22. The lowest BCUT2D eigenvalue weighted by Gasteiger charge is -2.27. The van der Waals surface area contributed by atoms with Gasteiger partial charge in [0.05, 0.1) is 12.8 Å². The second kappa shape index (κ2) is 7.05. The summed E-state index contributed by atoms with van der Waals surface area (Å²) in [5.74, 6) is 1.62. The lowest BCUT2D eigenvalue weighted by molar-refractivity contribution is -0.118. The molecule has 24 heavy (non-hydrogen) atoms. The molecule has 1 aromatic carbocycles. The SMILES string of the molecule is COc1cc2c(cc1CCNc1cc(Cl)ncn1)CCC(=O)N2C. The monoisotopic (exact) mass is 346 g/mol. The normalized spacial score (nSPS) is 13.6. The molecule has 1 amide bonds. The minimum absolute atomic E-state index is 0.139. The summed E-state index contributed by atoms with van der Waals surface area (Å²) in [5.41, 5.74) is 3.21. The van der Waals surface area contributed by atoms with E-state index in [4.69, 9.17) is 16.3 Å². The first-order valence-corrected chi connectivity index (χ1v) is 8.14. The minimum Gasteiger partial charge on any atom is -0.496 e. The topological polar surface area (TPSA) is 67.3 Å². The van der Waals surface area contributed by atoms with Crippen molar-refractivity contribution in [3.8, 4) is 5.75 Å². The van der Waals surface area contributed by atoms with Crippen molar-refractivity contribution in [3.05, 3.63) is 40.8 Å². The Kier molecular flexibility index (Phi) is 4.85. The van der Waals surface area contributed by atoms with E-state index >= 15 is 0 Å². The molecule has 0 fully saturated rings. The Labute approximate surface area is 145 Å². The van der Waals surface area contributed by atoms with Crippen LogP contribution < -0.4 is 15.0 Å². The van der Waals surface area contributed by atoms with E-state index in [9.17, 15) is 4.79 Å². The third-order valence-electron chi connectivity index (χ3n) is 4.16. The van der Waals surface area contributed by atoms with Crippen LogP contribution in [0.3, 0.4) is 0 Å². The molecule has 0 aliphatic carbocycles. The van der Waals surface area contributed by atoms with Gasteiger partial charge in [-0.05, 0) is 30.0 Å². The van der Waals surface area contributed by atoms with Gasteiger partial charge in [0.15, 0.2) is 0 Å². The molecule has 1 aliphatic heterocycles. The number of carbonyl (C=O) groups excluding carboxylic acids is 1. The number of rotatable bonds is 5. The molecule has 0 bridgehead atoms. The van der Waals surface area contributed by atoms with Gasteiger partial charge in [0.25, 0.3) is 0 Å². The maximum Gasteiger partial charge on any atom is 0.227 e. The third-order valence-corrected chi connectivity index (χ3v) is 4.37. The quantitative estimate of drug-likeness (QED) is 0.843. The Morgan fingerprint density at radius 2 is 2.12 bits per heavy atom. The van der Waals surface area contributed by atoms with Crippen LogP contribution in [0.4, 0.5) is 11.5 Å². The van der Waals surface area contributed by atoms with E-state index in [0.29, 0.717) is 23.9 Å². The van der Waals surface area contributed by atoms with E-state index in [0.717, 1.165) is 29.8 Å². The van der Waals surface area contributed by atoms with Crippen LogP contribution in [-0.4, -0.2) is 36.6 Å². The molecule has 2 heterocycles. The minimum atomic E-state index is 0.139. The van der Waals surface area contributed by atoms with Gasteiger partial charge in [-0.3, -0.25) is 4.79 Å². The molecule has 1 N–H and O–H groups in total. The Morgan fingerprint density at radius 1 is 1.29 bits per heavy atom. The van der Waals surface area contributed by atoms with Gasteiger partial charge in [-0.25, -0.2) is 9.97 Å². The van der Waals surface area contributed by atoms with E-state index in [-0.39, 0.29) is 5.91 Å². The molecular weight excluding hydrogens is 328 g/mol. The van der Waals surface area contributed by atoms with Crippen molar-refractivity contribution in [2.75, 3.05) is 30.9 Å². The maximum atomic E-state index is 11.9. The Bertz CT molecular complexity index is 766. The highest BCUT2D eigenvalue weighted by molar-refractivity contribution is 6.29.